The smallest absolute Gasteiger partial charge is 0.151 e. The molecule has 0 amide bonds. The average molecular weight is 333 g/mol. The van der Waals surface area contributed by atoms with Gasteiger partial charge in [-0.25, -0.2) is 4.98 Å². The normalized spacial score (nSPS) is 17.6. The molecule has 1 aliphatic rings. The van der Waals surface area contributed by atoms with E-state index in [0.29, 0.717) is 5.92 Å². The van der Waals surface area contributed by atoms with Crippen molar-refractivity contribution in [1.29, 1.82) is 0 Å². The number of anilines is 1. The zero-order valence-electron chi connectivity index (χ0n) is 14.5. The highest BCUT2D eigenvalue weighted by molar-refractivity contribution is 5.59. The number of benzene rings is 1. The molecule has 5 nitrogen and oxygen atoms in total. The van der Waals surface area contributed by atoms with Crippen molar-refractivity contribution in [1.82, 2.24) is 19.7 Å². The summed E-state index contributed by atoms with van der Waals surface area (Å²) in [6, 6.07) is 14.4. The highest BCUT2D eigenvalue weighted by atomic mass is 15.3. The van der Waals surface area contributed by atoms with Crippen LogP contribution in [0.1, 0.15) is 18.7 Å². The fourth-order valence-electron chi connectivity index (χ4n) is 3.55. The third-order valence-corrected chi connectivity index (χ3v) is 4.94. The van der Waals surface area contributed by atoms with Crippen LogP contribution in [0.5, 0.6) is 0 Å². The second-order valence-corrected chi connectivity index (χ2v) is 6.72. The summed E-state index contributed by atoms with van der Waals surface area (Å²) in [5.41, 5.74) is 2.03. The maximum Gasteiger partial charge on any atom is 0.151 e. The van der Waals surface area contributed by atoms with Gasteiger partial charge in [-0.05, 0) is 37.8 Å². The van der Waals surface area contributed by atoms with Gasteiger partial charge < -0.3 is 9.47 Å². The molecule has 1 unspecified atom stereocenters. The minimum Gasteiger partial charge on any atom is -0.355 e. The Morgan fingerprint density at radius 1 is 1.08 bits per heavy atom. The first-order valence-corrected chi connectivity index (χ1v) is 8.91. The van der Waals surface area contributed by atoms with E-state index in [1.54, 1.807) is 0 Å². The lowest BCUT2D eigenvalue weighted by molar-refractivity contribution is 0.362. The van der Waals surface area contributed by atoms with Crippen LogP contribution in [0.4, 0.5) is 5.82 Å². The standard InChI is InChI=1S/C20H23N5/c1-16-21-11-13-24(16)14-17-6-5-12-25(15-17)20-10-9-19(22-23-20)18-7-3-2-4-8-18/h2-4,7-11,13,17H,5-6,12,14-15H2,1H3. The van der Waals surface area contributed by atoms with Crippen LogP contribution >= 0.6 is 0 Å². The third kappa shape index (κ3) is 3.55. The molecule has 0 saturated carbocycles. The van der Waals surface area contributed by atoms with Crippen molar-refractivity contribution in [2.45, 2.75) is 26.3 Å². The number of rotatable bonds is 4. The summed E-state index contributed by atoms with van der Waals surface area (Å²) in [7, 11) is 0. The van der Waals surface area contributed by atoms with Gasteiger partial charge in [0.1, 0.15) is 5.82 Å². The van der Waals surface area contributed by atoms with Gasteiger partial charge >= 0.3 is 0 Å². The topological polar surface area (TPSA) is 46.8 Å². The Morgan fingerprint density at radius 2 is 1.96 bits per heavy atom. The van der Waals surface area contributed by atoms with Gasteiger partial charge in [-0.15, -0.1) is 10.2 Å². The predicted molar refractivity (Wildman–Crippen MR) is 99.4 cm³/mol. The van der Waals surface area contributed by atoms with Gasteiger partial charge in [0.15, 0.2) is 5.82 Å². The van der Waals surface area contributed by atoms with Crippen LogP contribution < -0.4 is 4.90 Å². The molecule has 0 spiro atoms. The first kappa shape index (κ1) is 15.8. The molecule has 1 aromatic carbocycles. The molecule has 0 radical (unpaired) electrons. The molecular formula is C20H23N5. The minimum absolute atomic E-state index is 0.622. The molecule has 0 aliphatic carbocycles. The van der Waals surface area contributed by atoms with Crippen LogP contribution in [-0.2, 0) is 6.54 Å². The summed E-state index contributed by atoms with van der Waals surface area (Å²) in [6.45, 7) is 5.17. The lowest BCUT2D eigenvalue weighted by Crippen LogP contribution is -2.37. The van der Waals surface area contributed by atoms with Crippen LogP contribution in [0.25, 0.3) is 11.3 Å². The number of aromatic nitrogens is 4. The van der Waals surface area contributed by atoms with Gasteiger partial charge in [0.25, 0.3) is 0 Å². The number of imidazole rings is 1. The fraction of sp³-hybridized carbons (Fsp3) is 0.350. The lowest BCUT2D eigenvalue weighted by Gasteiger charge is -2.33. The van der Waals surface area contributed by atoms with E-state index in [0.717, 1.165) is 42.5 Å². The van der Waals surface area contributed by atoms with Crippen LogP contribution in [0.15, 0.2) is 54.9 Å². The van der Waals surface area contributed by atoms with E-state index >= 15 is 0 Å². The Labute approximate surface area is 148 Å². The van der Waals surface area contributed by atoms with Gasteiger partial charge in [-0.1, -0.05) is 30.3 Å². The molecule has 2 aromatic heterocycles. The van der Waals surface area contributed by atoms with Crippen molar-refractivity contribution in [3.8, 4) is 11.3 Å². The molecule has 3 heterocycles. The van der Waals surface area contributed by atoms with E-state index in [2.05, 4.69) is 62.0 Å². The maximum absolute atomic E-state index is 4.48. The lowest BCUT2D eigenvalue weighted by atomic mass is 9.98. The first-order chi connectivity index (χ1) is 12.3. The fourth-order valence-corrected chi connectivity index (χ4v) is 3.55. The Bertz CT molecular complexity index is 810. The molecule has 1 atom stereocenters. The number of hydrogen-bond donors (Lipinski definition) is 0. The minimum atomic E-state index is 0.622. The molecule has 25 heavy (non-hydrogen) atoms. The quantitative estimate of drug-likeness (QED) is 0.732. The van der Waals surface area contributed by atoms with Crippen LogP contribution in [-0.4, -0.2) is 32.8 Å². The SMILES string of the molecule is Cc1nccn1CC1CCCN(c2ccc(-c3ccccc3)nn2)C1. The zero-order valence-corrected chi connectivity index (χ0v) is 14.5. The molecule has 5 heteroatoms. The molecule has 0 bridgehead atoms. The molecule has 3 aromatic rings. The summed E-state index contributed by atoms with van der Waals surface area (Å²) in [4.78, 5) is 6.69. The molecule has 0 N–H and O–H groups in total. The van der Waals surface area contributed by atoms with Crippen molar-refractivity contribution in [3.05, 3.63) is 60.7 Å². The van der Waals surface area contributed by atoms with Crippen molar-refractivity contribution in [2.75, 3.05) is 18.0 Å². The Balaban J connectivity index is 1.45. The van der Waals surface area contributed by atoms with Gasteiger partial charge in [0.05, 0.1) is 5.69 Å². The van der Waals surface area contributed by atoms with Gasteiger partial charge in [-0.2, -0.15) is 0 Å². The highest BCUT2D eigenvalue weighted by Crippen LogP contribution is 2.24. The third-order valence-electron chi connectivity index (χ3n) is 4.94. The molecule has 1 saturated heterocycles. The zero-order chi connectivity index (χ0) is 17.1. The average Bonchev–Trinajstić information content (AvgIpc) is 3.07. The first-order valence-electron chi connectivity index (χ1n) is 8.91. The molecular weight excluding hydrogens is 310 g/mol. The molecule has 4 rings (SSSR count). The van der Waals surface area contributed by atoms with E-state index in [-0.39, 0.29) is 0 Å². The van der Waals surface area contributed by atoms with E-state index in [1.807, 2.05) is 24.4 Å². The molecule has 1 aliphatic heterocycles. The van der Waals surface area contributed by atoms with Gasteiger partial charge in [0, 0.05) is 37.6 Å². The van der Waals surface area contributed by atoms with Crippen molar-refractivity contribution in [3.63, 3.8) is 0 Å². The van der Waals surface area contributed by atoms with E-state index in [9.17, 15) is 0 Å². The van der Waals surface area contributed by atoms with Crippen molar-refractivity contribution in [2.24, 2.45) is 5.92 Å². The van der Waals surface area contributed by atoms with Gasteiger partial charge in [0.2, 0.25) is 0 Å². The summed E-state index contributed by atoms with van der Waals surface area (Å²) >= 11 is 0. The largest absolute Gasteiger partial charge is 0.355 e. The maximum atomic E-state index is 4.48. The van der Waals surface area contributed by atoms with Crippen LogP contribution in [0.2, 0.25) is 0 Å². The van der Waals surface area contributed by atoms with E-state index in [1.165, 1.54) is 12.8 Å². The van der Waals surface area contributed by atoms with Gasteiger partial charge in [-0.3, -0.25) is 0 Å². The van der Waals surface area contributed by atoms with Crippen LogP contribution in [0, 0.1) is 12.8 Å². The Hall–Kier alpha value is -2.69. The number of piperidine rings is 1. The van der Waals surface area contributed by atoms with E-state index < -0.39 is 0 Å². The van der Waals surface area contributed by atoms with Crippen LogP contribution in [0.3, 0.4) is 0 Å². The summed E-state index contributed by atoms with van der Waals surface area (Å²) < 4.78 is 2.25. The highest BCUT2D eigenvalue weighted by Gasteiger charge is 2.22. The second-order valence-electron chi connectivity index (χ2n) is 6.72. The van der Waals surface area contributed by atoms with Crippen molar-refractivity contribution >= 4 is 5.82 Å². The molecule has 1 fully saturated rings. The summed E-state index contributed by atoms with van der Waals surface area (Å²) in [5.74, 6) is 2.69. The second kappa shape index (κ2) is 7.05. The number of hydrogen-bond acceptors (Lipinski definition) is 4. The molecule has 128 valence electrons. The summed E-state index contributed by atoms with van der Waals surface area (Å²) in [5, 5.41) is 8.92. The Kier molecular flexibility index (Phi) is 4.46. The monoisotopic (exact) mass is 333 g/mol. The van der Waals surface area contributed by atoms with Crippen molar-refractivity contribution < 1.29 is 0 Å². The number of nitrogens with zero attached hydrogens (tertiary/aromatic N) is 5. The summed E-state index contributed by atoms with van der Waals surface area (Å²) in [6.07, 6.45) is 6.40. The number of aryl methyl sites for hydroxylation is 1. The van der Waals surface area contributed by atoms with E-state index in [4.69, 9.17) is 0 Å². The Morgan fingerprint density at radius 3 is 2.68 bits per heavy atom. The predicted octanol–water partition coefficient (Wildman–Crippen LogP) is 3.57.